The van der Waals surface area contributed by atoms with Gasteiger partial charge >= 0.3 is 11.9 Å². The Hall–Kier alpha value is -3.46. The number of carbonyl (C=O) groups excluding carboxylic acids is 2. The largest absolute Gasteiger partial charge is 0.460 e. The Kier molecular flexibility index (Phi) is 7.42. The zero-order chi connectivity index (χ0) is 23.3. The van der Waals surface area contributed by atoms with Gasteiger partial charge in [-0.1, -0.05) is 12.1 Å². The van der Waals surface area contributed by atoms with Crippen LogP contribution in [0.3, 0.4) is 0 Å². The Morgan fingerprint density at radius 2 is 1.84 bits per heavy atom. The molecule has 0 radical (unpaired) electrons. The summed E-state index contributed by atoms with van der Waals surface area (Å²) < 4.78 is 21.2. The molecule has 0 amide bonds. The van der Waals surface area contributed by atoms with Crippen LogP contribution < -0.4 is 5.32 Å². The molecule has 1 aliphatic rings. The molecule has 170 valence electrons. The molecule has 3 rings (SSSR count). The number of ether oxygens (including phenoxy) is 3. The van der Waals surface area contributed by atoms with E-state index >= 15 is 0 Å². The molecule has 1 aromatic carbocycles. The normalized spacial score (nSPS) is 16.2. The number of methoxy groups -OCH3 is 1. The number of carbonyl (C=O) groups is 2. The molecule has 2 aromatic rings. The molecule has 0 fully saturated rings. The van der Waals surface area contributed by atoms with Gasteiger partial charge in [0.1, 0.15) is 6.61 Å². The molecule has 0 spiro atoms. The topological polar surface area (TPSA) is 113 Å². The average Bonchev–Trinajstić information content (AvgIpc) is 3.27. The summed E-state index contributed by atoms with van der Waals surface area (Å²) >= 11 is 0. The summed E-state index contributed by atoms with van der Waals surface area (Å²) in [5, 5.41) is 10.8. The molecule has 32 heavy (non-hydrogen) atoms. The summed E-state index contributed by atoms with van der Waals surface area (Å²) in [6.07, 6.45) is 0.919. The number of rotatable bonds is 8. The number of nitrogens with one attached hydrogen (secondary N) is 1. The van der Waals surface area contributed by atoms with Gasteiger partial charge in [-0.3, -0.25) is 0 Å². The molecule has 1 atom stereocenters. The predicted molar refractivity (Wildman–Crippen MR) is 115 cm³/mol. The molecule has 2 heterocycles. The van der Waals surface area contributed by atoms with E-state index in [1.54, 1.807) is 33.8 Å². The van der Waals surface area contributed by atoms with Crippen molar-refractivity contribution in [3.8, 4) is 11.5 Å². The molecule has 0 saturated carbocycles. The molecule has 1 aliphatic heterocycles. The van der Waals surface area contributed by atoms with Crippen LogP contribution in [0.5, 0.6) is 0 Å². The first kappa shape index (κ1) is 23.2. The number of esters is 2. The molecule has 0 aliphatic carbocycles. The molecular formula is C23H27N3O6. The number of nitrogens with zero attached hydrogens (tertiary/aromatic N) is 2. The minimum Gasteiger partial charge on any atom is -0.460 e. The van der Waals surface area contributed by atoms with Crippen LogP contribution >= 0.6 is 0 Å². The average molecular weight is 441 g/mol. The Labute approximate surface area is 186 Å². The van der Waals surface area contributed by atoms with E-state index in [0.717, 1.165) is 0 Å². The van der Waals surface area contributed by atoms with E-state index < -0.39 is 17.9 Å². The summed E-state index contributed by atoms with van der Waals surface area (Å²) in [6, 6.07) is 7.27. The summed E-state index contributed by atoms with van der Waals surface area (Å²) in [5.74, 6) is -1.42. The maximum Gasteiger partial charge on any atom is 0.337 e. The van der Waals surface area contributed by atoms with Gasteiger partial charge in [0.2, 0.25) is 12.3 Å². The van der Waals surface area contributed by atoms with Gasteiger partial charge in [-0.15, -0.1) is 10.2 Å². The lowest BCUT2D eigenvalue weighted by atomic mass is 9.80. The van der Waals surface area contributed by atoms with Gasteiger partial charge in [0.25, 0.3) is 0 Å². The van der Waals surface area contributed by atoms with E-state index in [1.807, 2.05) is 18.2 Å². The van der Waals surface area contributed by atoms with Gasteiger partial charge in [-0.25, -0.2) is 9.59 Å². The van der Waals surface area contributed by atoms with Crippen molar-refractivity contribution in [2.75, 3.05) is 20.3 Å². The maximum atomic E-state index is 13.1. The highest BCUT2D eigenvalue weighted by molar-refractivity contribution is 6.00. The lowest BCUT2D eigenvalue weighted by Gasteiger charge is -2.31. The fourth-order valence-electron chi connectivity index (χ4n) is 3.59. The molecular weight excluding hydrogens is 414 g/mol. The predicted octanol–water partition coefficient (Wildman–Crippen LogP) is 3.11. The molecule has 1 N–H and O–H groups in total. The fourth-order valence-corrected chi connectivity index (χ4v) is 3.59. The minimum absolute atomic E-state index is 0.0926. The number of benzene rings is 1. The molecule has 1 aromatic heterocycles. The molecule has 9 heteroatoms. The van der Waals surface area contributed by atoms with Crippen molar-refractivity contribution in [1.82, 2.24) is 15.5 Å². The SMILES string of the molecule is COCCOC(=O)C1=C(C)NC(C)=C(C(=O)OC(C)C)C1c1cccc(-c2nnco2)c1. The van der Waals surface area contributed by atoms with Gasteiger partial charge < -0.3 is 23.9 Å². The van der Waals surface area contributed by atoms with E-state index in [0.29, 0.717) is 39.6 Å². The van der Waals surface area contributed by atoms with Crippen LogP contribution in [0.1, 0.15) is 39.2 Å². The minimum atomic E-state index is -0.708. The standard InChI is InChI=1S/C23H27N3O6/c1-13(2)32-23(28)19-15(4)25-14(3)18(22(27)30-10-9-29-5)20(19)16-7-6-8-17(11-16)21-26-24-12-31-21/h6-8,11-13,20,25H,9-10H2,1-5H3. The Morgan fingerprint density at radius 3 is 2.47 bits per heavy atom. The van der Waals surface area contributed by atoms with E-state index in [4.69, 9.17) is 18.6 Å². The van der Waals surface area contributed by atoms with Gasteiger partial charge in [-0.05, 0) is 45.4 Å². The molecule has 0 saturated heterocycles. The van der Waals surface area contributed by atoms with Crippen LogP contribution in [0.25, 0.3) is 11.5 Å². The smallest absolute Gasteiger partial charge is 0.337 e. The number of aromatic nitrogens is 2. The van der Waals surface area contributed by atoms with Gasteiger partial charge in [0.15, 0.2) is 0 Å². The third-order valence-corrected chi connectivity index (χ3v) is 4.89. The van der Waals surface area contributed by atoms with Gasteiger partial charge in [0.05, 0.1) is 29.8 Å². The van der Waals surface area contributed by atoms with Crippen molar-refractivity contribution in [2.45, 2.75) is 39.7 Å². The van der Waals surface area contributed by atoms with Crippen LogP contribution in [0.2, 0.25) is 0 Å². The number of hydrogen-bond acceptors (Lipinski definition) is 9. The lowest BCUT2D eigenvalue weighted by molar-refractivity contribution is -0.143. The third kappa shape index (κ3) is 5.05. The highest BCUT2D eigenvalue weighted by atomic mass is 16.6. The van der Waals surface area contributed by atoms with Crippen molar-refractivity contribution < 1.29 is 28.2 Å². The van der Waals surface area contributed by atoms with Crippen molar-refractivity contribution >= 4 is 11.9 Å². The first-order valence-corrected chi connectivity index (χ1v) is 10.3. The third-order valence-electron chi connectivity index (χ3n) is 4.89. The van der Waals surface area contributed by atoms with Crippen molar-refractivity contribution in [1.29, 1.82) is 0 Å². The van der Waals surface area contributed by atoms with Crippen molar-refractivity contribution in [3.63, 3.8) is 0 Å². The summed E-state index contributed by atoms with van der Waals surface area (Å²) in [7, 11) is 1.53. The summed E-state index contributed by atoms with van der Waals surface area (Å²) in [6.45, 7) is 7.46. The number of hydrogen-bond donors (Lipinski definition) is 1. The lowest BCUT2D eigenvalue weighted by Crippen LogP contribution is -2.33. The molecule has 1 unspecified atom stereocenters. The highest BCUT2D eigenvalue weighted by Crippen LogP contribution is 2.40. The Balaban J connectivity index is 2.10. The first-order chi connectivity index (χ1) is 15.3. The Morgan fingerprint density at radius 1 is 1.12 bits per heavy atom. The van der Waals surface area contributed by atoms with E-state index in [2.05, 4.69) is 15.5 Å². The van der Waals surface area contributed by atoms with Gasteiger partial charge in [0, 0.05) is 24.1 Å². The zero-order valence-electron chi connectivity index (χ0n) is 18.8. The number of dihydropyridines is 1. The molecule has 0 bridgehead atoms. The second kappa shape index (κ2) is 10.2. The van der Waals surface area contributed by atoms with E-state index in [-0.39, 0.29) is 19.3 Å². The molecule has 9 nitrogen and oxygen atoms in total. The Bertz CT molecular complexity index is 1040. The van der Waals surface area contributed by atoms with E-state index in [9.17, 15) is 9.59 Å². The van der Waals surface area contributed by atoms with Crippen LogP contribution in [-0.4, -0.2) is 48.6 Å². The van der Waals surface area contributed by atoms with Crippen LogP contribution in [0.4, 0.5) is 0 Å². The quantitative estimate of drug-likeness (QED) is 0.487. The van der Waals surface area contributed by atoms with Crippen LogP contribution in [0, 0.1) is 0 Å². The second-order valence-electron chi connectivity index (χ2n) is 7.59. The first-order valence-electron chi connectivity index (χ1n) is 10.3. The fraction of sp³-hybridized carbons (Fsp3) is 0.391. The summed E-state index contributed by atoms with van der Waals surface area (Å²) in [5.41, 5.74) is 3.22. The maximum absolute atomic E-state index is 13.1. The highest BCUT2D eigenvalue weighted by Gasteiger charge is 2.38. The summed E-state index contributed by atoms with van der Waals surface area (Å²) in [4.78, 5) is 26.2. The van der Waals surface area contributed by atoms with Crippen molar-refractivity contribution in [3.05, 3.63) is 58.8 Å². The van der Waals surface area contributed by atoms with Crippen LogP contribution in [-0.2, 0) is 23.8 Å². The van der Waals surface area contributed by atoms with Crippen LogP contribution in [0.15, 0.2) is 57.6 Å². The van der Waals surface area contributed by atoms with Crippen molar-refractivity contribution in [2.24, 2.45) is 0 Å². The zero-order valence-corrected chi connectivity index (χ0v) is 18.8. The number of allylic oxidation sites excluding steroid dienone is 2. The van der Waals surface area contributed by atoms with E-state index in [1.165, 1.54) is 13.5 Å². The van der Waals surface area contributed by atoms with Gasteiger partial charge in [-0.2, -0.15) is 0 Å². The monoisotopic (exact) mass is 441 g/mol. The second-order valence-corrected chi connectivity index (χ2v) is 7.59.